The molecule has 9 heteroatoms. The maximum atomic E-state index is 11.9. The molecule has 0 spiro atoms. The molecule has 0 aliphatic heterocycles. The van der Waals surface area contributed by atoms with Crippen LogP contribution < -0.4 is 0 Å². The number of aromatic nitrogens is 1. The van der Waals surface area contributed by atoms with Gasteiger partial charge in [0, 0.05) is 25.6 Å². The molecule has 25 heavy (non-hydrogen) atoms. The van der Waals surface area contributed by atoms with Crippen LogP contribution in [0, 0.1) is 0 Å². The first kappa shape index (κ1) is 20.1. The van der Waals surface area contributed by atoms with Crippen molar-refractivity contribution in [3.8, 4) is 0 Å². The third-order valence-corrected chi connectivity index (χ3v) is 3.09. The van der Waals surface area contributed by atoms with E-state index in [0.717, 1.165) is 14.2 Å². The lowest BCUT2D eigenvalue weighted by Gasteiger charge is -2.24. The molecule has 2 unspecified atom stereocenters. The summed E-state index contributed by atoms with van der Waals surface area (Å²) in [5.41, 5.74) is -0.171. The summed E-state index contributed by atoms with van der Waals surface area (Å²) in [6.07, 6.45) is -0.645. The number of esters is 4. The molecule has 0 aliphatic carbocycles. The molecule has 1 heterocycles. The zero-order valence-corrected chi connectivity index (χ0v) is 14.5. The largest absolute Gasteiger partial charge is 0.465 e. The Hall–Kier alpha value is -2.97. The van der Waals surface area contributed by atoms with Gasteiger partial charge in [0.05, 0.1) is 19.8 Å². The fourth-order valence-corrected chi connectivity index (χ4v) is 2.10. The van der Waals surface area contributed by atoms with Crippen molar-refractivity contribution >= 4 is 23.9 Å². The number of carbonyl (C=O) groups is 4. The second kappa shape index (κ2) is 8.76. The number of pyridine rings is 1. The zero-order chi connectivity index (χ0) is 19.1. The van der Waals surface area contributed by atoms with Gasteiger partial charge in [-0.2, -0.15) is 0 Å². The Morgan fingerprint density at radius 1 is 0.960 bits per heavy atom. The van der Waals surface area contributed by atoms with Crippen LogP contribution in [-0.4, -0.2) is 49.2 Å². The Labute approximate surface area is 144 Å². The fraction of sp³-hybridized carbons (Fsp3) is 0.438. The molecule has 0 saturated carbocycles. The van der Waals surface area contributed by atoms with Crippen LogP contribution in [0.3, 0.4) is 0 Å². The molecule has 0 radical (unpaired) electrons. The molecule has 1 aromatic heterocycles. The van der Waals surface area contributed by atoms with Crippen LogP contribution >= 0.6 is 0 Å². The topological polar surface area (TPSA) is 118 Å². The third-order valence-electron chi connectivity index (χ3n) is 3.09. The molecule has 9 nitrogen and oxygen atoms in total. The lowest BCUT2D eigenvalue weighted by molar-refractivity contribution is -0.164. The highest BCUT2D eigenvalue weighted by Crippen LogP contribution is 2.26. The molecule has 2 atom stereocenters. The number of hydrogen-bond donors (Lipinski definition) is 0. The summed E-state index contributed by atoms with van der Waals surface area (Å²) < 4.78 is 19.4. The quantitative estimate of drug-likeness (QED) is 0.549. The molecule has 0 fully saturated rings. The monoisotopic (exact) mass is 353 g/mol. The average molecular weight is 353 g/mol. The van der Waals surface area contributed by atoms with E-state index < -0.39 is 36.1 Å². The van der Waals surface area contributed by atoms with Crippen LogP contribution in [0.15, 0.2) is 12.3 Å². The van der Waals surface area contributed by atoms with E-state index in [0.29, 0.717) is 0 Å². The summed E-state index contributed by atoms with van der Waals surface area (Å²) in [5, 5.41) is 0. The van der Waals surface area contributed by atoms with Gasteiger partial charge in [-0.25, -0.2) is 14.6 Å². The minimum absolute atomic E-state index is 0.168. The van der Waals surface area contributed by atoms with E-state index in [2.05, 4.69) is 14.5 Å². The van der Waals surface area contributed by atoms with Crippen LogP contribution in [0.4, 0.5) is 0 Å². The minimum Gasteiger partial charge on any atom is -0.465 e. The number of carbonyl (C=O) groups excluding carboxylic acids is 4. The van der Waals surface area contributed by atoms with Gasteiger partial charge in [0.1, 0.15) is 6.10 Å². The van der Waals surface area contributed by atoms with E-state index in [1.165, 1.54) is 33.0 Å². The van der Waals surface area contributed by atoms with Gasteiger partial charge in [-0.3, -0.25) is 9.59 Å². The zero-order valence-electron chi connectivity index (χ0n) is 14.5. The van der Waals surface area contributed by atoms with Crippen molar-refractivity contribution in [1.29, 1.82) is 0 Å². The summed E-state index contributed by atoms with van der Waals surface area (Å²) in [7, 11) is 2.28. The van der Waals surface area contributed by atoms with Crippen LogP contribution in [-0.2, 0) is 28.5 Å². The molecule has 0 amide bonds. The minimum atomic E-state index is -1.02. The highest BCUT2D eigenvalue weighted by molar-refractivity contribution is 6.01. The third kappa shape index (κ3) is 5.27. The standard InChI is InChI=1S/C16H19NO8/c1-8(24-9(2)18)14(25-10(3)19)11-6-12(15(20)22-4)13(17-7-11)16(21)23-5/h6-8,14H,1-5H3. The van der Waals surface area contributed by atoms with Gasteiger partial charge in [-0.1, -0.05) is 0 Å². The molecular formula is C16H19NO8. The molecule has 0 saturated heterocycles. The van der Waals surface area contributed by atoms with Gasteiger partial charge in [-0.15, -0.1) is 0 Å². The number of hydrogen-bond acceptors (Lipinski definition) is 9. The van der Waals surface area contributed by atoms with Crippen molar-refractivity contribution in [2.75, 3.05) is 14.2 Å². The molecule has 1 aromatic rings. The SMILES string of the molecule is COC(=O)c1cc(C(OC(C)=O)C(C)OC(C)=O)cnc1C(=O)OC. The maximum absolute atomic E-state index is 11.9. The van der Waals surface area contributed by atoms with Crippen molar-refractivity contribution in [3.05, 3.63) is 29.1 Å². The van der Waals surface area contributed by atoms with Crippen molar-refractivity contribution in [1.82, 2.24) is 4.98 Å². The molecule has 136 valence electrons. The second-order valence-corrected chi connectivity index (χ2v) is 4.99. The second-order valence-electron chi connectivity index (χ2n) is 4.99. The summed E-state index contributed by atoms with van der Waals surface area (Å²) in [6, 6.07) is 1.28. The lowest BCUT2D eigenvalue weighted by atomic mass is 10.0. The van der Waals surface area contributed by atoms with E-state index in [4.69, 9.17) is 9.47 Å². The molecule has 0 N–H and O–H groups in total. The van der Waals surface area contributed by atoms with Crippen LogP contribution in [0.5, 0.6) is 0 Å². The van der Waals surface area contributed by atoms with Crippen molar-refractivity contribution in [3.63, 3.8) is 0 Å². The highest BCUT2D eigenvalue weighted by Gasteiger charge is 2.29. The molecule has 0 bridgehead atoms. The first-order chi connectivity index (χ1) is 11.7. The summed E-state index contributed by atoms with van der Waals surface area (Å²) >= 11 is 0. The van der Waals surface area contributed by atoms with E-state index in [-0.39, 0.29) is 16.8 Å². The summed E-state index contributed by atoms with van der Waals surface area (Å²) in [5.74, 6) is -2.85. The molecular weight excluding hydrogens is 334 g/mol. The van der Waals surface area contributed by atoms with Gasteiger partial charge in [0.25, 0.3) is 0 Å². The number of rotatable bonds is 6. The Kier molecular flexibility index (Phi) is 7.04. The Morgan fingerprint density at radius 2 is 1.52 bits per heavy atom. The average Bonchev–Trinajstić information content (AvgIpc) is 2.56. The molecule has 1 rings (SSSR count). The summed E-state index contributed by atoms with van der Waals surface area (Å²) in [6.45, 7) is 3.91. The van der Waals surface area contributed by atoms with Gasteiger partial charge < -0.3 is 18.9 Å². The van der Waals surface area contributed by atoms with Crippen LogP contribution in [0.2, 0.25) is 0 Å². The van der Waals surface area contributed by atoms with E-state index in [9.17, 15) is 19.2 Å². The Morgan fingerprint density at radius 3 is 2.00 bits per heavy atom. The van der Waals surface area contributed by atoms with Gasteiger partial charge >= 0.3 is 23.9 Å². The Balaban J connectivity index is 3.39. The Bertz CT molecular complexity index is 685. The van der Waals surface area contributed by atoms with Gasteiger partial charge in [-0.05, 0) is 13.0 Å². The van der Waals surface area contributed by atoms with E-state index in [1.807, 2.05) is 0 Å². The molecule has 0 aromatic carbocycles. The number of nitrogens with zero attached hydrogens (tertiary/aromatic N) is 1. The highest BCUT2D eigenvalue weighted by atomic mass is 16.6. The van der Waals surface area contributed by atoms with Crippen molar-refractivity contribution in [2.45, 2.75) is 33.0 Å². The maximum Gasteiger partial charge on any atom is 0.357 e. The van der Waals surface area contributed by atoms with Gasteiger partial charge in [0.15, 0.2) is 11.8 Å². The predicted molar refractivity (Wildman–Crippen MR) is 82.7 cm³/mol. The first-order valence-corrected chi connectivity index (χ1v) is 7.22. The first-order valence-electron chi connectivity index (χ1n) is 7.22. The van der Waals surface area contributed by atoms with Crippen LogP contribution in [0.1, 0.15) is 53.3 Å². The number of ether oxygens (including phenoxy) is 4. The van der Waals surface area contributed by atoms with E-state index >= 15 is 0 Å². The van der Waals surface area contributed by atoms with Crippen molar-refractivity contribution < 1.29 is 38.1 Å². The lowest BCUT2D eigenvalue weighted by Crippen LogP contribution is -2.26. The van der Waals surface area contributed by atoms with Gasteiger partial charge in [0.2, 0.25) is 0 Å². The van der Waals surface area contributed by atoms with Crippen molar-refractivity contribution in [2.24, 2.45) is 0 Å². The predicted octanol–water partition coefficient (Wildman–Crippen LogP) is 1.21. The number of methoxy groups -OCH3 is 2. The normalized spacial score (nSPS) is 12.5. The fourth-order valence-electron chi connectivity index (χ4n) is 2.10. The molecule has 0 aliphatic rings. The van der Waals surface area contributed by atoms with Crippen LogP contribution in [0.25, 0.3) is 0 Å². The van der Waals surface area contributed by atoms with E-state index in [1.54, 1.807) is 0 Å². The summed E-state index contributed by atoms with van der Waals surface area (Å²) in [4.78, 5) is 50.1. The smallest absolute Gasteiger partial charge is 0.357 e.